The molecule has 0 spiro atoms. The lowest BCUT2D eigenvalue weighted by Gasteiger charge is -2.39. The van der Waals surface area contributed by atoms with E-state index in [1.807, 2.05) is 30.3 Å². The number of nitrogens with zero attached hydrogens (tertiary/aromatic N) is 3. The summed E-state index contributed by atoms with van der Waals surface area (Å²) in [4.78, 5) is 30.6. The van der Waals surface area contributed by atoms with Crippen LogP contribution < -0.4 is 10.6 Å². The number of anilines is 1. The molecule has 0 saturated carbocycles. The molecule has 0 bridgehead atoms. The lowest BCUT2D eigenvalue weighted by molar-refractivity contribution is 0.0440. The van der Waals surface area contributed by atoms with Crippen molar-refractivity contribution in [3.8, 4) is 6.07 Å². The molecule has 1 aromatic carbocycles. The van der Waals surface area contributed by atoms with E-state index in [0.29, 0.717) is 13.0 Å². The molecule has 2 amide bonds. The molecule has 1 aliphatic heterocycles. The third kappa shape index (κ3) is 7.45. The minimum atomic E-state index is -0.758. The molecule has 186 valence electrons. The molecule has 0 aliphatic carbocycles. The summed E-state index contributed by atoms with van der Waals surface area (Å²) < 4.78 is 25.3. The zero-order valence-corrected chi connectivity index (χ0v) is 20.4. The molecule has 1 saturated heterocycles. The van der Waals surface area contributed by atoms with E-state index < -0.39 is 35.7 Å². The average Bonchev–Trinajstić information content (AvgIpc) is 2.80. The van der Waals surface area contributed by atoms with Gasteiger partial charge in [-0.15, -0.1) is 0 Å². The lowest BCUT2D eigenvalue weighted by Crippen LogP contribution is -2.59. The summed E-state index contributed by atoms with van der Waals surface area (Å²) in [5.41, 5.74) is 0.0267. The quantitative estimate of drug-likeness (QED) is 0.578. The Hall–Kier alpha value is -3.58. The van der Waals surface area contributed by atoms with Gasteiger partial charge in [-0.25, -0.2) is 19.0 Å². The number of nitriles is 1. The molecule has 2 heterocycles. The van der Waals surface area contributed by atoms with Gasteiger partial charge in [0.15, 0.2) is 11.6 Å². The maximum Gasteiger partial charge on any atom is 0.410 e. The number of pyridine rings is 1. The van der Waals surface area contributed by atoms with Gasteiger partial charge in [-0.05, 0) is 38.8 Å². The number of carbonyl (C=O) groups is 2. The van der Waals surface area contributed by atoms with E-state index in [2.05, 4.69) is 15.6 Å². The van der Waals surface area contributed by atoms with E-state index in [1.54, 1.807) is 26.8 Å². The number of nitrogens with one attached hydrogen (secondary N) is 2. The first-order valence-corrected chi connectivity index (χ1v) is 11.4. The number of rotatable bonds is 5. The van der Waals surface area contributed by atoms with Crippen molar-refractivity contribution in [2.24, 2.45) is 0 Å². The van der Waals surface area contributed by atoms with Gasteiger partial charge < -0.3 is 25.0 Å². The summed E-state index contributed by atoms with van der Waals surface area (Å²) in [6.07, 6.45) is -0.867. The Morgan fingerprint density at radius 1 is 1.29 bits per heavy atom. The van der Waals surface area contributed by atoms with Crippen LogP contribution in [0.1, 0.15) is 38.3 Å². The number of hydrogen-bond donors (Lipinski definition) is 2. The fourth-order valence-corrected chi connectivity index (χ4v) is 3.71. The number of halogens is 2. The highest BCUT2D eigenvalue weighted by Gasteiger charge is 2.35. The van der Waals surface area contributed by atoms with Crippen LogP contribution >= 0.6 is 11.6 Å². The highest BCUT2D eigenvalue weighted by atomic mass is 35.5. The largest absolute Gasteiger partial charge is 0.445 e. The van der Waals surface area contributed by atoms with Crippen molar-refractivity contribution >= 4 is 29.6 Å². The number of hydrogen-bond acceptors (Lipinski definition) is 7. The highest BCUT2D eigenvalue weighted by molar-refractivity contribution is 6.30. The van der Waals surface area contributed by atoms with Crippen LogP contribution in [0.3, 0.4) is 0 Å². The van der Waals surface area contributed by atoms with Gasteiger partial charge in [0, 0.05) is 13.1 Å². The number of ether oxygens (including phenoxy) is 2. The summed E-state index contributed by atoms with van der Waals surface area (Å²) in [5, 5.41) is 14.6. The normalized spacial score (nSPS) is 17.8. The Morgan fingerprint density at radius 2 is 2.00 bits per heavy atom. The molecular weight excluding hydrogens is 477 g/mol. The van der Waals surface area contributed by atoms with Gasteiger partial charge in [0.1, 0.15) is 23.4 Å². The number of piperidine rings is 1. The maximum atomic E-state index is 14.5. The minimum Gasteiger partial charge on any atom is -0.445 e. The van der Waals surface area contributed by atoms with Crippen LogP contribution in [-0.2, 0) is 16.1 Å². The van der Waals surface area contributed by atoms with E-state index in [1.165, 1.54) is 4.90 Å². The molecule has 1 aliphatic rings. The standard InChI is InChI=1S/C24H27ClFN5O4/c1-24(2,3)35-22(32)29-19-13-31(23(33)34-14-15-7-5-4-6-8-15)10-9-18(19)28-21-17(26)11-16(12-27)20(25)30-21/h4-8,11,18-19H,9-10,13-14H2,1-3H3,(H,28,30)(H,29,32)/t18-,19+/m1/s1. The molecule has 0 unspecified atom stereocenters. The first-order chi connectivity index (χ1) is 16.6. The Kier molecular flexibility index (Phi) is 8.35. The second-order valence-electron chi connectivity index (χ2n) is 9.05. The zero-order chi connectivity index (χ0) is 25.6. The number of alkyl carbamates (subject to hydrolysis) is 1. The average molecular weight is 504 g/mol. The van der Waals surface area contributed by atoms with Crippen molar-refractivity contribution in [2.45, 2.75) is 51.5 Å². The van der Waals surface area contributed by atoms with Crippen LogP contribution in [0.4, 0.5) is 19.8 Å². The Bertz CT molecular complexity index is 1100. The van der Waals surface area contributed by atoms with E-state index in [0.717, 1.165) is 11.6 Å². The summed E-state index contributed by atoms with van der Waals surface area (Å²) in [6, 6.07) is 10.9. The minimum absolute atomic E-state index is 0.0888. The molecule has 2 atom stereocenters. The summed E-state index contributed by atoms with van der Waals surface area (Å²) >= 11 is 5.96. The van der Waals surface area contributed by atoms with Crippen molar-refractivity contribution in [2.75, 3.05) is 18.4 Å². The SMILES string of the molecule is CC(C)(C)OC(=O)N[C@H]1CN(C(=O)OCc2ccccc2)CC[C@H]1Nc1nc(Cl)c(C#N)cc1F. The van der Waals surface area contributed by atoms with Crippen molar-refractivity contribution in [3.63, 3.8) is 0 Å². The van der Waals surface area contributed by atoms with Crippen molar-refractivity contribution in [1.29, 1.82) is 5.26 Å². The molecular formula is C24H27ClFN5O4. The van der Waals surface area contributed by atoms with Gasteiger partial charge in [0.2, 0.25) is 0 Å². The monoisotopic (exact) mass is 503 g/mol. The summed E-state index contributed by atoms with van der Waals surface area (Å²) in [5.74, 6) is -0.915. The highest BCUT2D eigenvalue weighted by Crippen LogP contribution is 2.23. The number of amides is 2. The molecule has 1 aromatic heterocycles. The maximum absolute atomic E-state index is 14.5. The molecule has 2 N–H and O–H groups in total. The van der Waals surface area contributed by atoms with Gasteiger partial charge >= 0.3 is 12.2 Å². The molecule has 1 fully saturated rings. The fraction of sp³-hybridized carbons (Fsp3) is 0.417. The van der Waals surface area contributed by atoms with E-state index >= 15 is 0 Å². The fourth-order valence-electron chi connectivity index (χ4n) is 3.53. The van der Waals surface area contributed by atoms with Gasteiger partial charge in [0.05, 0.1) is 17.6 Å². The van der Waals surface area contributed by atoms with E-state index in [9.17, 15) is 14.0 Å². The Labute approximate surface area is 208 Å². The van der Waals surface area contributed by atoms with Gasteiger partial charge in [-0.2, -0.15) is 5.26 Å². The number of aromatic nitrogens is 1. The number of carbonyl (C=O) groups excluding carboxylic acids is 2. The van der Waals surface area contributed by atoms with Gasteiger partial charge in [-0.3, -0.25) is 0 Å². The van der Waals surface area contributed by atoms with Crippen LogP contribution in [0.2, 0.25) is 5.15 Å². The van der Waals surface area contributed by atoms with Crippen LogP contribution in [0.15, 0.2) is 36.4 Å². The molecule has 9 nitrogen and oxygen atoms in total. The van der Waals surface area contributed by atoms with Gasteiger partial charge in [0.25, 0.3) is 0 Å². The van der Waals surface area contributed by atoms with Crippen molar-refractivity contribution in [3.05, 3.63) is 58.5 Å². The summed E-state index contributed by atoms with van der Waals surface area (Å²) in [6.45, 7) is 5.69. The van der Waals surface area contributed by atoms with Crippen LogP contribution in [0.25, 0.3) is 0 Å². The third-order valence-corrected chi connectivity index (χ3v) is 5.44. The van der Waals surface area contributed by atoms with Crippen molar-refractivity contribution in [1.82, 2.24) is 15.2 Å². The third-order valence-electron chi connectivity index (χ3n) is 5.15. The van der Waals surface area contributed by atoms with Crippen LogP contribution in [0, 0.1) is 17.1 Å². The smallest absolute Gasteiger partial charge is 0.410 e. The number of benzene rings is 1. The first-order valence-electron chi connectivity index (χ1n) is 11.0. The first kappa shape index (κ1) is 26.0. The summed E-state index contributed by atoms with van der Waals surface area (Å²) in [7, 11) is 0. The lowest BCUT2D eigenvalue weighted by atomic mass is 9.99. The predicted octanol–water partition coefficient (Wildman–Crippen LogP) is 4.46. The predicted molar refractivity (Wildman–Crippen MR) is 127 cm³/mol. The van der Waals surface area contributed by atoms with Crippen LogP contribution in [-0.4, -0.2) is 52.8 Å². The molecule has 11 heteroatoms. The molecule has 0 radical (unpaired) electrons. The van der Waals surface area contributed by atoms with Gasteiger partial charge in [-0.1, -0.05) is 41.9 Å². The number of likely N-dealkylation sites (tertiary alicyclic amines) is 1. The van der Waals surface area contributed by atoms with Crippen molar-refractivity contribution < 1.29 is 23.5 Å². The molecule has 35 heavy (non-hydrogen) atoms. The van der Waals surface area contributed by atoms with Crippen LogP contribution in [0.5, 0.6) is 0 Å². The Balaban J connectivity index is 1.73. The molecule has 3 rings (SSSR count). The Morgan fingerprint density at radius 3 is 2.66 bits per heavy atom. The van der Waals surface area contributed by atoms with E-state index in [-0.39, 0.29) is 29.7 Å². The van der Waals surface area contributed by atoms with E-state index in [4.69, 9.17) is 26.3 Å². The topological polar surface area (TPSA) is 117 Å². The molecule has 2 aromatic rings. The second-order valence-corrected chi connectivity index (χ2v) is 9.41. The zero-order valence-electron chi connectivity index (χ0n) is 19.7. The second kappa shape index (κ2) is 11.2.